The van der Waals surface area contributed by atoms with Crippen LogP contribution in [0.2, 0.25) is 0 Å². The number of imide groups is 1. The van der Waals surface area contributed by atoms with Crippen molar-refractivity contribution in [2.24, 2.45) is 11.8 Å². The van der Waals surface area contributed by atoms with Crippen LogP contribution in [-0.2, 0) is 9.59 Å². The van der Waals surface area contributed by atoms with Crippen molar-refractivity contribution in [1.29, 1.82) is 0 Å². The number of amides is 2. The number of carbonyl (C=O) groups excluding carboxylic acids is 2. The minimum Gasteiger partial charge on any atom is -0.392 e. The molecule has 0 aromatic heterocycles. The van der Waals surface area contributed by atoms with Crippen molar-refractivity contribution in [3.63, 3.8) is 0 Å². The minimum atomic E-state index is -0.405. The van der Waals surface area contributed by atoms with Gasteiger partial charge in [0.15, 0.2) is 0 Å². The number of fused-ring (bicyclic) bond motifs is 1. The number of carbonyl (C=O) groups is 2. The van der Waals surface area contributed by atoms with Crippen molar-refractivity contribution in [2.75, 3.05) is 19.6 Å². The highest BCUT2D eigenvalue weighted by atomic mass is 16.3. The number of likely N-dealkylation sites (tertiary alicyclic amines) is 1. The molecule has 1 aliphatic heterocycles. The van der Waals surface area contributed by atoms with Crippen molar-refractivity contribution in [1.82, 2.24) is 10.2 Å². The number of aliphatic hydroxyl groups excluding tert-OH is 1. The van der Waals surface area contributed by atoms with Gasteiger partial charge in [-0.05, 0) is 19.8 Å². The lowest BCUT2D eigenvalue weighted by Crippen LogP contribution is -2.38. The summed E-state index contributed by atoms with van der Waals surface area (Å²) in [5, 5.41) is 12.1. The van der Waals surface area contributed by atoms with Gasteiger partial charge in [-0.15, -0.1) is 0 Å². The van der Waals surface area contributed by atoms with Crippen LogP contribution in [0.5, 0.6) is 0 Å². The van der Waals surface area contributed by atoms with Gasteiger partial charge in [-0.3, -0.25) is 14.5 Å². The van der Waals surface area contributed by atoms with Gasteiger partial charge in [-0.1, -0.05) is 12.8 Å². The first-order valence-corrected chi connectivity index (χ1v) is 6.85. The largest absolute Gasteiger partial charge is 0.392 e. The summed E-state index contributed by atoms with van der Waals surface area (Å²) in [5.74, 6) is -0.0712. The van der Waals surface area contributed by atoms with E-state index in [9.17, 15) is 9.59 Å². The van der Waals surface area contributed by atoms with Gasteiger partial charge in [-0.25, -0.2) is 0 Å². The highest BCUT2D eigenvalue weighted by molar-refractivity contribution is 6.05. The summed E-state index contributed by atoms with van der Waals surface area (Å²) in [4.78, 5) is 25.6. The lowest BCUT2D eigenvalue weighted by molar-refractivity contribution is -0.139. The zero-order valence-corrected chi connectivity index (χ0v) is 10.9. The molecule has 2 aliphatic rings. The van der Waals surface area contributed by atoms with Crippen molar-refractivity contribution in [2.45, 2.75) is 38.7 Å². The van der Waals surface area contributed by atoms with Crippen LogP contribution in [0.3, 0.4) is 0 Å². The van der Waals surface area contributed by atoms with Crippen molar-refractivity contribution >= 4 is 11.8 Å². The van der Waals surface area contributed by atoms with Gasteiger partial charge in [-0.2, -0.15) is 0 Å². The first-order valence-electron chi connectivity index (χ1n) is 6.85. The maximum Gasteiger partial charge on any atom is 0.233 e. The average Bonchev–Trinajstić information content (AvgIpc) is 2.59. The monoisotopic (exact) mass is 254 g/mol. The molecule has 0 spiro atoms. The summed E-state index contributed by atoms with van der Waals surface area (Å²) >= 11 is 0. The molecule has 5 nitrogen and oxygen atoms in total. The van der Waals surface area contributed by atoms with Gasteiger partial charge >= 0.3 is 0 Å². The Hall–Kier alpha value is -0.940. The number of nitrogens with one attached hydrogen (secondary N) is 1. The highest BCUT2D eigenvalue weighted by Crippen LogP contribution is 2.37. The summed E-state index contributed by atoms with van der Waals surface area (Å²) in [6.45, 7) is 3.18. The molecule has 1 saturated heterocycles. The normalized spacial score (nSPS) is 29.6. The van der Waals surface area contributed by atoms with E-state index in [1.807, 2.05) is 0 Å². The Kier molecular flexibility index (Phi) is 4.35. The summed E-state index contributed by atoms with van der Waals surface area (Å²) in [6, 6.07) is 0. The van der Waals surface area contributed by atoms with E-state index in [0.717, 1.165) is 25.7 Å². The molecule has 2 N–H and O–H groups in total. The molecule has 1 saturated carbocycles. The van der Waals surface area contributed by atoms with Crippen LogP contribution in [0, 0.1) is 11.8 Å². The van der Waals surface area contributed by atoms with Gasteiger partial charge < -0.3 is 10.4 Å². The van der Waals surface area contributed by atoms with Crippen LogP contribution in [0.1, 0.15) is 32.6 Å². The number of nitrogens with zero attached hydrogens (tertiary/aromatic N) is 1. The molecule has 0 aromatic rings. The van der Waals surface area contributed by atoms with Gasteiger partial charge in [0.25, 0.3) is 0 Å². The molecular weight excluding hydrogens is 232 g/mol. The summed E-state index contributed by atoms with van der Waals surface area (Å²) in [6.07, 6.45) is 3.46. The third-order valence-electron chi connectivity index (χ3n) is 3.88. The fraction of sp³-hybridized carbons (Fsp3) is 0.846. The van der Waals surface area contributed by atoms with Gasteiger partial charge in [0, 0.05) is 19.6 Å². The van der Waals surface area contributed by atoms with Crippen LogP contribution >= 0.6 is 0 Å². The number of aliphatic hydroxyl groups is 1. The quantitative estimate of drug-likeness (QED) is 0.540. The lowest BCUT2D eigenvalue weighted by atomic mass is 9.81. The predicted molar refractivity (Wildman–Crippen MR) is 66.7 cm³/mol. The number of hydrogen-bond acceptors (Lipinski definition) is 4. The summed E-state index contributed by atoms with van der Waals surface area (Å²) in [7, 11) is 0. The zero-order chi connectivity index (χ0) is 13.1. The van der Waals surface area contributed by atoms with Crippen LogP contribution in [0.25, 0.3) is 0 Å². The van der Waals surface area contributed by atoms with Crippen molar-refractivity contribution in [3.8, 4) is 0 Å². The SMILES string of the molecule is CC(O)CNCCN1C(=O)C2CCCCC2C1=O. The molecule has 0 bridgehead atoms. The van der Waals surface area contributed by atoms with Gasteiger partial charge in [0.2, 0.25) is 11.8 Å². The Morgan fingerprint density at radius 2 is 1.83 bits per heavy atom. The van der Waals surface area contributed by atoms with Crippen LogP contribution < -0.4 is 5.32 Å². The Bertz CT molecular complexity index is 306. The molecule has 1 heterocycles. The van der Waals surface area contributed by atoms with Crippen molar-refractivity contribution < 1.29 is 14.7 Å². The molecule has 5 heteroatoms. The molecule has 1 aliphatic carbocycles. The van der Waals surface area contributed by atoms with E-state index < -0.39 is 6.10 Å². The van der Waals surface area contributed by atoms with E-state index in [1.54, 1.807) is 6.92 Å². The van der Waals surface area contributed by atoms with E-state index in [1.165, 1.54) is 4.90 Å². The van der Waals surface area contributed by atoms with E-state index in [2.05, 4.69) is 5.32 Å². The maximum absolute atomic E-state index is 12.1. The molecule has 0 aromatic carbocycles. The molecule has 3 atom stereocenters. The van der Waals surface area contributed by atoms with E-state index in [4.69, 9.17) is 5.11 Å². The molecule has 2 fully saturated rings. The Morgan fingerprint density at radius 3 is 2.33 bits per heavy atom. The molecule has 2 amide bonds. The fourth-order valence-electron chi connectivity index (χ4n) is 2.95. The third kappa shape index (κ3) is 2.72. The second-order valence-corrected chi connectivity index (χ2v) is 5.38. The van der Waals surface area contributed by atoms with Crippen LogP contribution in [0.15, 0.2) is 0 Å². The Labute approximate surface area is 108 Å². The minimum absolute atomic E-state index is 0.0172. The molecule has 3 unspecified atom stereocenters. The Balaban J connectivity index is 1.85. The second-order valence-electron chi connectivity index (χ2n) is 5.38. The second kappa shape index (κ2) is 5.80. The molecule has 102 valence electrons. The topological polar surface area (TPSA) is 69.6 Å². The maximum atomic E-state index is 12.1. The van der Waals surface area contributed by atoms with Crippen molar-refractivity contribution in [3.05, 3.63) is 0 Å². The highest BCUT2D eigenvalue weighted by Gasteiger charge is 2.47. The number of rotatable bonds is 5. The predicted octanol–water partition coefficient (Wildman–Crippen LogP) is 0.132. The summed E-state index contributed by atoms with van der Waals surface area (Å²) < 4.78 is 0. The van der Waals surface area contributed by atoms with Gasteiger partial charge in [0.1, 0.15) is 0 Å². The smallest absolute Gasteiger partial charge is 0.233 e. The third-order valence-corrected chi connectivity index (χ3v) is 3.88. The zero-order valence-electron chi connectivity index (χ0n) is 10.9. The molecule has 0 radical (unpaired) electrons. The standard InChI is InChI=1S/C13H22N2O3/c1-9(16)8-14-6-7-15-12(17)10-4-2-3-5-11(10)13(15)18/h9-11,14,16H,2-8H2,1H3. The van der Waals surface area contributed by atoms with Gasteiger partial charge in [0.05, 0.1) is 17.9 Å². The molecular formula is C13H22N2O3. The lowest BCUT2D eigenvalue weighted by Gasteiger charge is -2.19. The summed E-state index contributed by atoms with van der Waals surface area (Å²) in [5.41, 5.74) is 0. The van der Waals surface area contributed by atoms with E-state index in [0.29, 0.717) is 19.6 Å². The van der Waals surface area contributed by atoms with Crippen LogP contribution in [0.4, 0.5) is 0 Å². The first-order chi connectivity index (χ1) is 8.61. The van der Waals surface area contributed by atoms with E-state index in [-0.39, 0.29) is 23.7 Å². The van der Waals surface area contributed by atoms with Crippen LogP contribution in [-0.4, -0.2) is 47.6 Å². The average molecular weight is 254 g/mol. The van der Waals surface area contributed by atoms with E-state index >= 15 is 0 Å². The fourth-order valence-corrected chi connectivity index (χ4v) is 2.95. The molecule has 2 rings (SSSR count). The Morgan fingerprint density at radius 1 is 1.28 bits per heavy atom. The first kappa shape index (κ1) is 13.5. The molecule has 18 heavy (non-hydrogen) atoms. The number of hydrogen-bond donors (Lipinski definition) is 2.